The molecule has 2 bridgehead atoms. The maximum Gasteiger partial charge on any atom is 0.243 e. The highest BCUT2D eigenvalue weighted by atomic mass is 32.2. The van der Waals surface area contributed by atoms with E-state index in [0.717, 1.165) is 25.7 Å². The van der Waals surface area contributed by atoms with Crippen LogP contribution in [-0.4, -0.2) is 30.8 Å². The van der Waals surface area contributed by atoms with Crippen LogP contribution in [0, 0.1) is 0 Å². The van der Waals surface area contributed by atoms with E-state index in [-0.39, 0.29) is 18.1 Å². The van der Waals surface area contributed by atoms with Crippen molar-refractivity contribution in [2.45, 2.75) is 48.7 Å². The van der Waals surface area contributed by atoms with Gasteiger partial charge in [-0.25, -0.2) is 8.42 Å². The second-order valence-electron chi connectivity index (χ2n) is 5.26. The molecule has 0 spiro atoms. The highest BCUT2D eigenvalue weighted by molar-refractivity contribution is 7.89. The topological polar surface area (TPSA) is 63.4 Å². The van der Waals surface area contributed by atoms with Crippen molar-refractivity contribution in [3.05, 3.63) is 30.3 Å². The zero-order valence-corrected chi connectivity index (χ0v) is 11.0. The summed E-state index contributed by atoms with van der Waals surface area (Å²) < 4.78 is 27.0. The molecule has 18 heavy (non-hydrogen) atoms. The van der Waals surface area contributed by atoms with Gasteiger partial charge in [0, 0.05) is 18.1 Å². The van der Waals surface area contributed by atoms with Gasteiger partial charge in [-0.1, -0.05) is 18.2 Å². The molecular weight excluding hydrogens is 248 g/mol. The van der Waals surface area contributed by atoms with E-state index >= 15 is 0 Å². The van der Waals surface area contributed by atoms with E-state index in [9.17, 15) is 8.42 Å². The zero-order valence-electron chi connectivity index (χ0n) is 10.2. The molecule has 0 amide bonds. The van der Waals surface area contributed by atoms with E-state index in [4.69, 9.17) is 5.73 Å². The molecule has 2 heterocycles. The first-order chi connectivity index (χ1) is 8.59. The summed E-state index contributed by atoms with van der Waals surface area (Å²) in [6.45, 7) is 0. The lowest BCUT2D eigenvalue weighted by atomic mass is 10.0. The third-order valence-corrected chi connectivity index (χ3v) is 6.04. The van der Waals surface area contributed by atoms with E-state index in [1.165, 1.54) is 0 Å². The molecular formula is C13H18N2O2S. The van der Waals surface area contributed by atoms with Crippen molar-refractivity contribution in [1.29, 1.82) is 0 Å². The fourth-order valence-electron chi connectivity index (χ4n) is 3.28. The van der Waals surface area contributed by atoms with Crippen LogP contribution >= 0.6 is 0 Å². The van der Waals surface area contributed by atoms with Gasteiger partial charge in [0.05, 0.1) is 4.90 Å². The molecule has 3 rings (SSSR count). The Kier molecular flexibility index (Phi) is 2.92. The van der Waals surface area contributed by atoms with Crippen LogP contribution in [0.3, 0.4) is 0 Å². The van der Waals surface area contributed by atoms with E-state index in [2.05, 4.69) is 0 Å². The minimum absolute atomic E-state index is 0.101. The molecule has 2 fully saturated rings. The van der Waals surface area contributed by atoms with Crippen LogP contribution in [0.2, 0.25) is 0 Å². The minimum atomic E-state index is -3.34. The van der Waals surface area contributed by atoms with Crippen LogP contribution in [0.4, 0.5) is 0 Å². The maximum atomic E-state index is 12.6. The van der Waals surface area contributed by atoms with Crippen molar-refractivity contribution in [3.8, 4) is 0 Å². The number of benzene rings is 1. The van der Waals surface area contributed by atoms with E-state index < -0.39 is 10.0 Å². The summed E-state index contributed by atoms with van der Waals surface area (Å²) in [5.41, 5.74) is 5.98. The molecule has 2 aliphatic rings. The SMILES string of the molecule is NC1CC2CCC(C1)N2S(=O)(=O)c1ccccc1. The number of nitrogens with zero attached hydrogens (tertiary/aromatic N) is 1. The van der Waals surface area contributed by atoms with E-state index in [1.54, 1.807) is 28.6 Å². The Balaban J connectivity index is 1.96. The number of piperidine rings is 1. The Labute approximate surface area is 108 Å². The molecule has 2 atom stereocenters. The summed E-state index contributed by atoms with van der Waals surface area (Å²) in [5, 5.41) is 0. The molecule has 0 aliphatic carbocycles. The highest BCUT2D eigenvalue weighted by Crippen LogP contribution is 2.39. The predicted octanol–water partition coefficient (Wildman–Crippen LogP) is 1.33. The number of hydrogen-bond acceptors (Lipinski definition) is 3. The van der Waals surface area contributed by atoms with Crippen molar-refractivity contribution in [2.75, 3.05) is 0 Å². The van der Waals surface area contributed by atoms with Gasteiger partial charge >= 0.3 is 0 Å². The summed E-state index contributed by atoms with van der Waals surface area (Å²) in [4.78, 5) is 0.400. The van der Waals surface area contributed by atoms with Crippen molar-refractivity contribution >= 4 is 10.0 Å². The molecule has 2 saturated heterocycles. The number of rotatable bonds is 2. The molecule has 1 aromatic carbocycles. The fraction of sp³-hybridized carbons (Fsp3) is 0.538. The molecule has 98 valence electrons. The van der Waals surface area contributed by atoms with Crippen molar-refractivity contribution in [2.24, 2.45) is 5.73 Å². The molecule has 0 saturated carbocycles. The smallest absolute Gasteiger partial charge is 0.243 e. The third-order valence-electron chi connectivity index (χ3n) is 4.02. The van der Waals surface area contributed by atoms with Crippen molar-refractivity contribution < 1.29 is 8.42 Å². The van der Waals surface area contributed by atoms with Crippen molar-refractivity contribution in [1.82, 2.24) is 4.31 Å². The Morgan fingerprint density at radius 1 is 1.06 bits per heavy atom. The predicted molar refractivity (Wildman–Crippen MR) is 69.5 cm³/mol. The largest absolute Gasteiger partial charge is 0.328 e. The van der Waals surface area contributed by atoms with Gasteiger partial charge < -0.3 is 5.73 Å². The van der Waals surface area contributed by atoms with Crippen molar-refractivity contribution in [3.63, 3.8) is 0 Å². The second-order valence-corrected chi connectivity index (χ2v) is 7.11. The summed E-state index contributed by atoms with van der Waals surface area (Å²) in [5.74, 6) is 0. The Bertz CT molecular complexity index is 515. The second kappa shape index (κ2) is 4.33. The van der Waals surface area contributed by atoms with Crippen LogP contribution in [0.1, 0.15) is 25.7 Å². The van der Waals surface area contributed by atoms with Gasteiger partial charge in [-0.2, -0.15) is 4.31 Å². The number of nitrogens with two attached hydrogens (primary N) is 1. The van der Waals surface area contributed by atoms with Gasteiger partial charge in [0.15, 0.2) is 0 Å². The van der Waals surface area contributed by atoms with E-state index in [0.29, 0.717) is 4.90 Å². The lowest BCUT2D eigenvalue weighted by Gasteiger charge is -2.36. The van der Waals surface area contributed by atoms with Gasteiger partial charge in [0.2, 0.25) is 10.0 Å². The monoisotopic (exact) mass is 266 g/mol. The third kappa shape index (κ3) is 1.86. The summed E-state index contributed by atoms with van der Waals surface area (Å²) >= 11 is 0. The van der Waals surface area contributed by atoms with Gasteiger partial charge in [-0.05, 0) is 37.8 Å². The average molecular weight is 266 g/mol. The molecule has 0 aromatic heterocycles. The zero-order chi connectivity index (χ0) is 12.8. The number of hydrogen-bond donors (Lipinski definition) is 1. The Morgan fingerprint density at radius 2 is 1.61 bits per heavy atom. The standard InChI is InChI=1S/C13H18N2O2S/c14-10-8-11-6-7-12(9-10)15(11)18(16,17)13-4-2-1-3-5-13/h1-5,10-12H,6-9,14H2. The molecule has 0 radical (unpaired) electrons. The van der Waals surface area contributed by atoms with Crippen LogP contribution in [0.5, 0.6) is 0 Å². The van der Waals surface area contributed by atoms with Crippen LogP contribution in [0.25, 0.3) is 0 Å². The van der Waals surface area contributed by atoms with Gasteiger partial charge in [0.1, 0.15) is 0 Å². The summed E-state index contributed by atoms with van der Waals surface area (Å²) in [6, 6.07) is 9.07. The van der Waals surface area contributed by atoms with Crippen LogP contribution in [0.15, 0.2) is 35.2 Å². The minimum Gasteiger partial charge on any atom is -0.328 e. The van der Waals surface area contributed by atoms with Crippen LogP contribution < -0.4 is 5.73 Å². The van der Waals surface area contributed by atoms with E-state index in [1.807, 2.05) is 6.07 Å². The first-order valence-corrected chi connectivity index (χ1v) is 7.87. The summed E-state index contributed by atoms with van der Waals surface area (Å²) in [6.07, 6.45) is 3.49. The quantitative estimate of drug-likeness (QED) is 0.878. The molecule has 5 heteroatoms. The van der Waals surface area contributed by atoms with Gasteiger partial charge in [-0.15, -0.1) is 0 Å². The lowest BCUT2D eigenvalue weighted by Crippen LogP contribution is -2.49. The molecule has 2 aliphatic heterocycles. The highest BCUT2D eigenvalue weighted by Gasteiger charge is 2.46. The first-order valence-electron chi connectivity index (χ1n) is 6.43. The molecule has 4 nitrogen and oxygen atoms in total. The molecule has 2 unspecified atom stereocenters. The Hall–Kier alpha value is -0.910. The normalized spacial score (nSPS) is 32.6. The fourth-order valence-corrected chi connectivity index (χ4v) is 5.20. The first kappa shape index (κ1) is 12.1. The van der Waals surface area contributed by atoms with Gasteiger partial charge in [0.25, 0.3) is 0 Å². The van der Waals surface area contributed by atoms with Crippen LogP contribution in [-0.2, 0) is 10.0 Å². The maximum absolute atomic E-state index is 12.6. The average Bonchev–Trinajstić information content (AvgIpc) is 2.64. The summed E-state index contributed by atoms with van der Waals surface area (Å²) in [7, 11) is -3.34. The Morgan fingerprint density at radius 3 is 2.17 bits per heavy atom. The number of fused-ring (bicyclic) bond motifs is 2. The van der Waals surface area contributed by atoms with Gasteiger partial charge in [-0.3, -0.25) is 0 Å². The number of sulfonamides is 1. The lowest BCUT2D eigenvalue weighted by molar-refractivity contribution is 0.227. The molecule has 2 N–H and O–H groups in total. The molecule has 1 aromatic rings.